The van der Waals surface area contributed by atoms with Crippen LogP contribution in [0.3, 0.4) is 0 Å². The number of nitrogens with one attached hydrogen (secondary N) is 1. The Morgan fingerprint density at radius 3 is 2.23 bits per heavy atom. The molecule has 0 spiro atoms. The molecule has 0 aromatic heterocycles. The zero-order chi connectivity index (χ0) is 18.8. The second-order valence-corrected chi connectivity index (χ2v) is 5.43. The largest absolute Gasteiger partial charge is 0.508 e. The molecule has 2 rings (SSSR count). The second-order valence-electron chi connectivity index (χ2n) is 5.43. The van der Waals surface area contributed by atoms with E-state index in [2.05, 4.69) is 10.1 Å². The minimum atomic E-state index is -1.18. The lowest BCUT2D eigenvalue weighted by Gasteiger charge is -2.24. The SMILES string of the molecule is COC(=O)OCC(O)C(NC(=O)OCc1ccccc1)c1ccccc1. The zero-order valence-corrected chi connectivity index (χ0v) is 14.3. The summed E-state index contributed by atoms with van der Waals surface area (Å²) in [6.45, 7) is -0.242. The van der Waals surface area contributed by atoms with Crippen LogP contribution >= 0.6 is 0 Å². The van der Waals surface area contributed by atoms with Crippen LogP contribution in [0.15, 0.2) is 60.7 Å². The molecule has 0 radical (unpaired) electrons. The van der Waals surface area contributed by atoms with Crippen LogP contribution in [0.5, 0.6) is 0 Å². The van der Waals surface area contributed by atoms with Crippen LogP contribution in [0.2, 0.25) is 0 Å². The van der Waals surface area contributed by atoms with Gasteiger partial charge in [0.15, 0.2) is 0 Å². The van der Waals surface area contributed by atoms with Crippen LogP contribution in [0.25, 0.3) is 0 Å². The lowest BCUT2D eigenvalue weighted by molar-refractivity contribution is 0.0143. The molecule has 26 heavy (non-hydrogen) atoms. The quantitative estimate of drug-likeness (QED) is 0.738. The van der Waals surface area contributed by atoms with Gasteiger partial charge in [0.2, 0.25) is 0 Å². The molecule has 2 aromatic carbocycles. The zero-order valence-electron chi connectivity index (χ0n) is 14.3. The van der Waals surface area contributed by atoms with Crippen molar-refractivity contribution >= 4 is 12.2 Å². The van der Waals surface area contributed by atoms with Gasteiger partial charge in [-0.3, -0.25) is 0 Å². The number of aliphatic hydroxyl groups excluding tert-OH is 1. The molecule has 0 aliphatic rings. The van der Waals surface area contributed by atoms with E-state index in [1.54, 1.807) is 24.3 Å². The molecule has 0 aliphatic heterocycles. The first kappa shape index (κ1) is 19.3. The third-order valence-corrected chi connectivity index (χ3v) is 3.57. The van der Waals surface area contributed by atoms with Gasteiger partial charge in [0.1, 0.15) is 19.3 Å². The van der Waals surface area contributed by atoms with Crippen molar-refractivity contribution in [3.8, 4) is 0 Å². The fourth-order valence-electron chi connectivity index (χ4n) is 2.26. The Morgan fingerprint density at radius 1 is 1.00 bits per heavy atom. The summed E-state index contributed by atoms with van der Waals surface area (Å²) < 4.78 is 14.3. The first-order valence-corrected chi connectivity index (χ1v) is 8.01. The van der Waals surface area contributed by atoms with Crippen LogP contribution in [0.4, 0.5) is 9.59 Å². The predicted molar refractivity (Wildman–Crippen MR) is 93.3 cm³/mol. The van der Waals surface area contributed by atoms with Crippen molar-refractivity contribution in [3.05, 3.63) is 71.8 Å². The van der Waals surface area contributed by atoms with Crippen molar-refractivity contribution < 1.29 is 28.9 Å². The van der Waals surface area contributed by atoms with Crippen LogP contribution < -0.4 is 5.32 Å². The Hall–Kier alpha value is -3.06. The molecular weight excluding hydrogens is 338 g/mol. The van der Waals surface area contributed by atoms with Crippen molar-refractivity contribution in [1.29, 1.82) is 0 Å². The first-order valence-electron chi connectivity index (χ1n) is 8.01. The fraction of sp³-hybridized carbons (Fsp3) is 0.263. The second kappa shape index (κ2) is 10.0. The molecular formula is C19H21NO6. The standard InChI is InChI=1S/C19H21NO6/c1-24-19(23)26-13-16(21)17(15-10-6-3-7-11-15)20-18(22)25-12-14-8-4-2-5-9-14/h2-11,16-17,21H,12-13H2,1H3,(H,20,22). The van der Waals surface area contributed by atoms with Gasteiger partial charge in [-0.1, -0.05) is 60.7 Å². The molecule has 2 aromatic rings. The Labute approximate surface area is 151 Å². The summed E-state index contributed by atoms with van der Waals surface area (Å²) in [5.74, 6) is 0. The predicted octanol–water partition coefficient (Wildman–Crippen LogP) is 2.80. The summed E-state index contributed by atoms with van der Waals surface area (Å²) in [5, 5.41) is 12.9. The van der Waals surface area contributed by atoms with Gasteiger partial charge in [-0.25, -0.2) is 9.59 Å². The normalized spacial score (nSPS) is 12.5. The highest BCUT2D eigenvalue weighted by Crippen LogP contribution is 2.18. The lowest BCUT2D eigenvalue weighted by Crippen LogP contribution is -2.39. The summed E-state index contributed by atoms with van der Waals surface area (Å²) in [4.78, 5) is 23.2. The van der Waals surface area contributed by atoms with E-state index in [-0.39, 0.29) is 13.2 Å². The molecule has 0 aliphatic carbocycles. The van der Waals surface area contributed by atoms with Crippen molar-refractivity contribution in [3.63, 3.8) is 0 Å². The summed E-state index contributed by atoms with van der Waals surface area (Å²) >= 11 is 0. The molecule has 2 atom stereocenters. The average molecular weight is 359 g/mol. The van der Waals surface area contributed by atoms with Gasteiger partial charge >= 0.3 is 12.2 Å². The maximum Gasteiger partial charge on any atom is 0.508 e. The van der Waals surface area contributed by atoms with E-state index in [0.29, 0.717) is 5.56 Å². The average Bonchev–Trinajstić information content (AvgIpc) is 2.69. The van der Waals surface area contributed by atoms with Crippen molar-refractivity contribution in [2.75, 3.05) is 13.7 Å². The molecule has 0 fully saturated rings. The third-order valence-electron chi connectivity index (χ3n) is 3.57. The molecule has 0 heterocycles. The van der Waals surface area contributed by atoms with Crippen LogP contribution in [-0.4, -0.2) is 37.2 Å². The summed E-state index contributed by atoms with van der Waals surface area (Å²) in [6.07, 6.45) is -2.79. The number of carbonyl (C=O) groups excluding carboxylic acids is 2. The number of hydrogen-bond acceptors (Lipinski definition) is 6. The van der Waals surface area contributed by atoms with E-state index in [4.69, 9.17) is 9.47 Å². The molecule has 0 bridgehead atoms. The van der Waals surface area contributed by atoms with Crippen LogP contribution in [-0.2, 0) is 20.8 Å². The molecule has 7 nitrogen and oxygen atoms in total. The number of rotatable bonds is 7. The maximum absolute atomic E-state index is 12.1. The number of alkyl carbamates (subject to hydrolysis) is 1. The van der Waals surface area contributed by atoms with Crippen molar-refractivity contribution in [1.82, 2.24) is 5.32 Å². The first-order chi connectivity index (χ1) is 12.6. The molecule has 0 saturated heterocycles. The van der Waals surface area contributed by atoms with Gasteiger partial charge < -0.3 is 24.6 Å². The minimum absolute atomic E-state index is 0.100. The molecule has 2 N–H and O–H groups in total. The van der Waals surface area contributed by atoms with Crippen LogP contribution in [0, 0.1) is 0 Å². The van der Waals surface area contributed by atoms with Gasteiger partial charge in [0.25, 0.3) is 0 Å². The number of amides is 1. The van der Waals surface area contributed by atoms with E-state index in [9.17, 15) is 14.7 Å². The van der Waals surface area contributed by atoms with E-state index >= 15 is 0 Å². The van der Waals surface area contributed by atoms with Gasteiger partial charge in [-0.15, -0.1) is 0 Å². The Bertz CT molecular complexity index is 692. The smallest absolute Gasteiger partial charge is 0.445 e. The number of carbonyl (C=O) groups is 2. The van der Waals surface area contributed by atoms with Crippen LogP contribution in [0.1, 0.15) is 17.2 Å². The monoisotopic (exact) mass is 359 g/mol. The molecule has 138 valence electrons. The Balaban J connectivity index is 1.99. The van der Waals surface area contributed by atoms with E-state index in [0.717, 1.165) is 5.56 Å². The minimum Gasteiger partial charge on any atom is -0.445 e. The molecule has 1 amide bonds. The highest BCUT2D eigenvalue weighted by Gasteiger charge is 2.25. The molecule has 7 heteroatoms. The Kier molecular flexibility index (Phi) is 7.45. The highest BCUT2D eigenvalue weighted by atomic mass is 16.7. The summed E-state index contributed by atoms with van der Waals surface area (Å²) in [7, 11) is 1.17. The number of hydrogen-bond donors (Lipinski definition) is 2. The number of benzene rings is 2. The highest BCUT2D eigenvalue weighted by molar-refractivity contribution is 5.68. The van der Waals surface area contributed by atoms with Gasteiger partial charge in [-0.05, 0) is 11.1 Å². The molecule has 0 saturated carbocycles. The number of methoxy groups -OCH3 is 1. The summed E-state index contributed by atoms with van der Waals surface area (Å²) in [6, 6.07) is 17.2. The van der Waals surface area contributed by atoms with Gasteiger partial charge in [0, 0.05) is 0 Å². The fourth-order valence-corrected chi connectivity index (χ4v) is 2.26. The van der Waals surface area contributed by atoms with E-state index in [1.165, 1.54) is 7.11 Å². The lowest BCUT2D eigenvalue weighted by atomic mass is 10.0. The van der Waals surface area contributed by atoms with E-state index < -0.39 is 24.4 Å². The number of aliphatic hydroxyl groups is 1. The third kappa shape index (κ3) is 6.10. The Morgan fingerprint density at radius 2 is 1.62 bits per heavy atom. The van der Waals surface area contributed by atoms with Gasteiger partial charge in [0.05, 0.1) is 13.2 Å². The van der Waals surface area contributed by atoms with Crippen molar-refractivity contribution in [2.45, 2.75) is 18.8 Å². The topological polar surface area (TPSA) is 94.1 Å². The van der Waals surface area contributed by atoms with Crippen molar-refractivity contribution in [2.24, 2.45) is 0 Å². The maximum atomic E-state index is 12.1. The van der Waals surface area contributed by atoms with Gasteiger partial charge in [-0.2, -0.15) is 0 Å². The summed E-state index contributed by atoms with van der Waals surface area (Å²) in [5.41, 5.74) is 1.48. The number of ether oxygens (including phenoxy) is 3. The molecule has 2 unspecified atom stereocenters. The van der Waals surface area contributed by atoms with E-state index in [1.807, 2.05) is 36.4 Å².